The average Bonchev–Trinajstić information content (AvgIpc) is 2.98. The number of carbonyl (C=O) groups excluding carboxylic acids is 1. The summed E-state index contributed by atoms with van der Waals surface area (Å²) < 4.78 is 0. The number of aliphatic carboxylic acids is 1. The number of benzene rings is 1. The molecular weight excluding hydrogens is 310 g/mol. The molecule has 3 atom stereocenters. The SMILES string of the molecule is CCSC(C(=O)N1C[C@H](C(=O)O)[C@H](c2ccccc2)C1)C(C)C. The van der Waals surface area contributed by atoms with Crippen LogP contribution in [0.3, 0.4) is 0 Å². The molecule has 1 amide bonds. The van der Waals surface area contributed by atoms with Crippen LogP contribution in [0.2, 0.25) is 0 Å². The van der Waals surface area contributed by atoms with Gasteiger partial charge >= 0.3 is 5.97 Å². The molecule has 0 bridgehead atoms. The van der Waals surface area contributed by atoms with Gasteiger partial charge in [0.2, 0.25) is 5.91 Å². The van der Waals surface area contributed by atoms with Crippen LogP contribution in [0.1, 0.15) is 32.3 Å². The first-order valence-electron chi connectivity index (χ1n) is 8.13. The molecule has 4 nitrogen and oxygen atoms in total. The third-order valence-corrected chi connectivity index (χ3v) is 5.81. The smallest absolute Gasteiger partial charge is 0.308 e. The predicted molar refractivity (Wildman–Crippen MR) is 93.6 cm³/mol. The summed E-state index contributed by atoms with van der Waals surface area (Å²) in [5.74, 6) is -0.272. The minimum Gasteiger partial charge on any atom is -0.481 e. The summed E-state index contributed by atoms with van der Waals surface area (Å²) in [5.41, 5.74) is 0.999. The van der Waals surface area contributed by atoms with Crippen LogP contribution in [0, 0.1) is 11.8 Å². The van der Waals surface area contributed by atoms with Crippen molar-refractivity contribution >= 4 is 23.6 Å². The van der Waals surface area contributed by atoms with E-state index in [0.717, 1.165) is 11.3 Å². The van der Waals surface area contributed by atoms with Crippen molar-refractivity contribution in [3.05, 3.63) is 35.9 Å². The molecule has 1 aliphatic rings. The van der Waals surface area contributed by atoms with Crippen LogP contribution < -0.4 is 0 Å². The monoisotopic (exact) mass is 335 g/mol. The number of carboxylic acids is 1. The molecule has 1 aromatic carbocycles. The van der Waals surface area contributed by atoms with Gasteiger partial charge in [0.05, 0.1) is 11.2 Å². The Balaban J connectivity index is 2.19. The van der Waals surface area contributed by atoms with E-state index in [1.54, 1.807) is 16.7 Å². The van der Waals surface area contributed by atoms with Crippen molar-refractivity contribution in [1.29, 1.82) is 0 Å². The van der Waals surface area contributed by atoms with Gasteiger partial charge in [0.1, 0.15) is 0 Å². The Morgan fingerprint density at radius 1 is 1.26 bits per heavy atom. The molecule has 0 radical (unpaired) electrons. The molecule has 2 rings (SSSR count). The number of likely N-dealkylation sites (tertiary alicyclic amines) is 1. The second kappa shape index (κ2) is 7.86. The summed E-state index contributed by atoms with van der Waals surface area (Å²) in [6, 6.07) is 9.67. The fraction of sp³-hybridized carbons (Fsp3) is 0.556. The Morgan fingerprint density at radius 2 is 1.91 bits per heavy atom. The maximum absolute atomic E-state index is 12.8. The Labute approximate surface area is 142 Å². The molecular formula is C18H25NO3S. The third kappa shape index (κ3) is 4.08. The summed E-state index contributed by atoms with van der Waals surface area (Å²) in [6.07, 6.45) is 0. The molecule has 0 saturated carbocycles. The molecule has 1 saturated heterocycles. The summed E-state index contributed by atoms with van der Waals surface area (Å²) in [6.45, 7) is 6.94. The highest BCUT2D eigenvalue weighted by Gasteiger charge is 2.42. The Kier molecular flexibility index (Phi) is 6.10. The van der Waals surface area contributed by atoms with Gasteiger partial charge in [-0.3, -0.25) is 9.59 Å². The topological polar surface area (TPSA) is 57.6 Å². The van der Waals surface area contributed by atoms with Gasteiger partial charge in [0.25, 0.3) is 0 Å². The number of hydrogen-bond acceptors (Lipinski definition) is 3. The summed E-state index contributed by atoms with van der Waals surface area (Å²) >= 11 is 1.65. The van der Waals surface area contributed by atoms with E-state index in [1.807, 2.05) is 51.1 Å². The van der Waals surface area contributed by atoms with Crippen LogP contribution in [-0.2, 0) is 9.59 Å². The van der Waals surface area contributed by atoms with Crippen LogP contribution >= 0.6 is 11.8 Å². The minimum atomic E-state index is -0.821. The second-order valence-corrected chi connectivity index (χ2v) is 7.74. The fourth-order valence-corrected chi connectivity index (χ4v) is 4.22. The first-order valence-corrected chi connectivity index (χ1v) is 9.18. The fourth-order valence-electron chi connectivity index (χ4n) is 3.18. The summed E-state index contributed by atoms with van der Waals surface area (Å²) in [5, 5.41) is 9.46. The molecule has 1 aromatic rings. The molecule has 126 valence electrons. The van der Waals surface area contributed by atoms with Crippen molar-refractivity contribution in [1.82, 2.24) is 4.90 Å². The lowest BCUT2D eigenvalue weighted by atomic mass is 9.89. The summed E-state index contributed by atoms with van der Waals surface area (Å²) in [7, 11) is 0. The van der Waals surface area contributed by atoms with Gasteiger partial charge < -0.3 is 10.0 Å². The van der Waals surface area contributed by atoms with E-state index in [0.29, 0.717) is 13.1 Å². The molecule has 0 aliphatic carbocycles. The van der Waals surface area contributed by atoms with Gasteiger partial charge in [-0.2, -0.15) is 0 Å². The van der Waals surface area contributed by atoms with Crippen molar-refractivity contribution in [2.24, 2.45) is 11.8 Å². The van der Waals surface area contributed by atoms with Gasteiger partial charge in [-0.25, -0.2) is 0 Å². The van der Waals surface area contributed by atoms with Crippen molar-refractivity contribution in [3.63, 3.8) is 0 Å². The van der Waals surface area contributed by atoms with Crippen LogP contribution in [0.5, 0.6) is 0 Å². The highest BCUT2D eigenvalue weighted by Crippen LogP contribution is 2.34. The number of carbonyl (C=O) groups is 2. The zero-order valence-electron chi connectivity index (χ0n) is 13.9. The maximum atomic E-state index is 12.8. The number of carboxylic acid groups (broad SMARTS) is 1. The number of rotatable bonds is 6. The van der Waals surface area contributed by atoms with E-state index >= 15 is 0 Å². The average molecular weight is 335 g/mol. The van der Waals surface area contributed by atoms with Crippen LogP contribution in [0.25, 0.3) is 0 Å². The normalized spacial score (nSPS) is 22.3. The van der Waals surface area contributed by atoms with E-state index < -0.39 is 11.9 Å². The molecule has 0 spiro atoms. The van der Waals surface area contributed by atoms with Gasteiger partial charge in [0.15, 0.2) is 0 Å². The largest absolute Gasteiger partial charge is 0.481 e. The van der Waals surface area contributed by atoms with Gasteiger partial charge in [-0.1, -0.05) is 51.1 Å². The van der Waals surface area contributed by atoms with Crippen molar-refractivity contribution in [2.75, 3.05) is 18.8 Å². The van der Waals surface area contributed by atoms with Crippen LogP contribution in [0.15, 0.2) is 30.3 Å². The van der Waals surface area contributed by atoms with E-state index in [4.69, 9.17) is 0 Å². The molecule has 1 N–H and O–H groups in total. The quantitative estimate of drug-likeness (QED) is 0.868. The molecule has 5 heteroatoms. The lowest BCUT2D eigenvalue weighted by Gasteiger charge is -2.25. The lowest BCUT2D eigenvalue weighted by molar-refractivity contribution is -0.141. The molecule has 1 aliphatic heterocycles. The Hall–Kier alpha value is -1.49. The van der Waals surface area contributed by atoms with Gasteiger partial charge in [-0.05, 0) is 17.2 Å². The zero-order chi connectivity index (χ0) is 17.0. The molecule has 1 fully saturated rings. The first kappa shape index (κ1) is 17.9. The molecule has 1 unspecified atom stereocenters. The molecule has 1 heterocycles. The van der Waals surface area contributed by atoms with E-state index in [-0.39, 0.29) is 23.0 Å². The zero-order valence-corrected chi connectivity index (χ0v) is 14.8. The third-order valence-electron chi connectivity index (χ3n) is 4.37. The molecule has 0 aromatic heterocycles. The van der Waals surface area contributed by atoms with Crippen molar-refractivity contribution in [2.45, 2.75) is 31.9 Å². The van der Waals surface area contributed by atoms with Gasteiger partial charge in [-0.15, -0.1) is 11.8 Å². The Bertz CT molecular complexity index is 546. The summed E-state index contributed by atoms with van der Waals surface area (Å²) in [4.78, 5) is 26.2. The first-order chi connectivity index (χ1) is 11.0. The van der Waals surface area contributed by atoms with Crippen LogP contribution in [0.4, 0.5) is 0 Å². The van der Waals surface area contributed by atoms with E-state index in [2.05, 4.69) is 0 Å². The lowest BCUT2D eigenvalue weighted by Crippen LogP contribution is -2.39. The van der Waals surface area contributed by atoms with Gasteiger partial charge in [0, 0.05) is 19.0 Å². The standard InChI is InChI=1S/C18H25NO3S/c1-4-23-16(12(2)3)17(20)19-10-14(15(11-19)18(21)22)13-8-6-5-7-9-13/h5-9,12,14-16H,4,10-11H2,1-3H3,(H,21,22)/t14-,15-,16?/m0/s1. The van der Waals surface area contributed by atoms with E-state index in [1.165, 1.54) is 0 Å². The number of amides is 1. The van der Waals surface area contributed by atoms with Crippen molar-refractivity contribution < 1.29 is 14.7 Å². The number of hydrogen-bond donors (Lipinski definition) is 1. The second-order valence-electron chi connectivity index (χ2n) is 6.33. The number of thioether (sulfide) groups is 1. The minimum absolute atomic E-state index is 0.0801. The highest BCUT2D eigenvalue weighted by molar-refractivity contribution is 8.00. The van der Waals surface area contributed by atoms with Crippen molar-refractivity contribution in [3.8, 4) is 0 Å². The van der Waals surface area contributed by atoms with E-state index in [9.17, 15) is 14.7 Å². The Morgan fingerprint density at radius 3 is 2.43 bits per heavy atom. The maximum Gasteiger partial charge on any atom is 0.308 e. The molecule has 23 heavy (non-hydrogen) atoms. The number of nitrogens with zero attached hydrogens (tertiary/aromatic N) is 1. The predicted octanol–water partition coefficient (Wildman–Crippen LogP) is 3.09. The highest BCUT2D eigenvalue weighted by atomic mass is 32.2. The van der Waals surface area contributed by atoms with Crippen LogP contribution in [-0.4, -0.2) is 46.0 Å².